The van der Waals surface area contributed by atoms with E-state index in [2.05, 4.69) is 0 Å². The van der Waals surface area contributed by atoms with Gasteiger partial charge in [0.15, 0.2) is 9.84 Å². The first-order chi connectivity index (χ1) is 18.1. The summed E-state index contributed by atoms with van der Waals surface area (Å²) in [5, 5.41) is 0. The largest absolute Gasteiger partial charge is 0.476 e. The number of nitrogens with zero attached hydrogens (tertiary/aromatic N) is 2. The van der Waals surface area contributed by atoms with Gasteiger partial charge >= 0.3 is 5.69 Å². The molecule has 0 spiro atoms. The van der Waals surface area contributed by atoms with E-state index in [-0.39, 0.29) is 40.6 Å². The summed E-state index contributed by atoms with van der Waals surface area (Å²) in [5.41, 5.74) is 4.60. The fraction of sp³-hybridized carbons (Fsp3) is 0.185. The van der Waals surface area contributed by atoms with Gasteiger partial charge in [-0.2, -0.15) is 0 Å². The Morgan fingerprint density at radius 2 is 1.63 bits per heavy atom. The smallest absolute Gasteiger partial charge is 0.334 e. The summed E-state index contributed by atoms with van der Waals surface area (Å²) in [6.45, 7) is -0.624. The molecule has 0 saturated heterocycles. The first kappa shape index (κ1) is 25.6. The van der Waals surface area contributed by atoms with Gasteiger partial charge in [-0.3, -0.25) is 13.9 Å². The highest BCUT2D eigenvalue weighted by atomic mass is 32.2. The molecule has 1 aliphatic heterocycles. The van der Waals surface area contributed by atoms with Gasteiger partial charge in [0.1, 0.15) is 29.8 Å². The van der Waals surface area contributed by atoms with Crippen molar-refractivity contribution in [1.82, 2.24) is 9.13 Å². The molecule has 196 valence electrons. The third kappa shape index (κ3) is 4.33. The number of rotatable bonds is 6. The minimum Gasteiger partial charge on any atom is -0.476 e. The quantitative estimate of drug-likeness (QED) is 0.403. The molecule has 2 atom stereocenters. The van der Waals surface area contributed by atoms with Crippen molar-refractivity contribution in [3.63, 3.8) is 0 Å². The van der Waals surface area contributed by atoms with Crippen molar-refractivity contribution in [2.24, 2.45) is 5.73 Å². The molecule has 8 nitrogen and oxygen atoms in total. The van der Waals surface area contributed by atoms with Crippen molar-refractivity contribution in [1.29, 1.82) is 0 Å². The van der Waals surface area contributed by atoms with E-state index < -0.39 is 44.8 Å². The summed E-state index contributed by atoms with van der Waals surface area (Å²) in [6, 6.07) is 15.8. The number of hydrogen-bond acceptors (Lipinski definition) is 6. The highest BCUT2D eigenvalue weighted by Crippen LogP contribution is 2.38. The molecule has 0 aliphatic carbocycles. The van der Waals surface area contributed by atoms with Crippen LogP contribution in [0.25, 0.3) is 11.1 Å². The molecular weight excluding hydrogens is 516 g/mol. The van der Waals surface area contributed by atoms with Crippen molar-refractivity contribution in [2.45, 2.75) is 23.5 Å². The molecule has 11 heteroatoms. The number of nitrogens with two attached hydrogens (primary N) is 1. The molecule has 4 aromatic rings. The number of benzene rings is 3. The number of sulfone groups is 1. The van der Waals surface area contributed by atoms with Crippen LogP contribution >= 0.6 is 0 Å². The first-order valence-corrected chi connectivity index (χ1v) is 13.5. The van der Waals surface area contributed by atoms with Crippen LogP contribution in [0.5, 0.6) is 5.88 Å². The summed E-state index contributed by atoms with van der Waals surface area (Å²) >= 11 is 0. The van der Waals surface area contributed by atoms with E-state index in [0.717, 1.165) is 27.5 Å². The Morgan fingerprint density at radius 3 is 2.32 bits per heavy atom. The normalized spacial score (nSPS) is 15.6. The number of ether oxygens (including phenoxy) is 1. The average Bonchev–Trinajstić information content (AvgIpc) is 3.32. The van der Waals surface area contributed by atoms with Gasteiger partial charge in [-0.1, -0.05) is 54.6 Å². The van der Waals surface area contributed by atoms with Gasteiger partial charge < -0.3 is 10.5 Å². The molecule has 0 bridgehead atoms. The maximum atomic E-state index is 15.2. The standard InChI is InChI=1S/C27H23F2N3O5S/c1-38(35,36)22-13-7-12-19(29)24(22)21-15-37-26-23(17-10-5-6-11-18(17)28)25(33)31(27(34)32(21)26)14-20(30)16-8-3-2-4-9-16/h2-13,20-21H,14-15,30H2,1H3. The van der Waals surface area contributed by atoms with E-state index in [4.69, 9.17) is 10.5 Å². The molecule has 0 radical (unpaired) electrons. The number of hydrogen-bond donors (Lipinski definition) is 1. The van der Waals surface area contributed by atoms with Gasteiger partial charge in [0, 0.05) is 23.4 Å². The maximum Gasteiger partial charge on any atom is 0.334 e. The fourth-order valence-corrected chi connectivity index (χ4v) is 5.69. The Bertz CT molecular complexity index is 1770. The average molecular weight is 540 g/mol. The Labute approximate surface area is 216 Å². The zero-order valence-electron chi connectivity index (χ0n) is 20.2. The van der Waals surface area contributed by atoms with Gasteiger partial charge in [0.05, 0.1) is 11.4 Å². The summed E-state index contributed by atoms with van der Waals surface area (Å²) in [6.07, 6.45) is 0.926. The summed E-state index contributed by atoms with van der Waals surface area (Å²) < 4.78 is 62.7. The number of aromatic nitrogens is 2. The van der Waals surface area contributed by atoms with Crippen LogP contribution in [-0.4, -0.2) is 30.4 Å². The minimum atomic E-state index is -3.91. The molecular formula is C27H23F2N3O5S. The monoisotopic (exact) mass is 539 g/mol. The molecule has 2 N–H and O–H groups in total. The van der Waals surface area contributed by atoms with Crippen LogP contribution in [0.3, 0.4) is 0 Å². The SMILES string of the molecule is CS(=O)(=O)c1cccc(F)c1C1COc2c(-c3ccccc3F)c(=O)n(CC(N)c3ccccc3)c(=O)n21. The van der Waals surface area contributed by atoms with E-state index in [1.54, 1.807) is 30.3 Å². The van der Waals surface area contributed by atoms with E-state index in [1.165, 1.54) is 30.3 Å². The highest BCUT2D eigenvalue weighted by molar-refractivity contribution is 7.90. The molecule has 2 unspecified atom stereocenters. The van der Waals surface area contributed by atoms with Gasteiger partial charge in [0.25, 0.3) is 5.56 Å². The van der Waals surface area contributed by atoms with Crippen LogP contribution < -0.4 is 21.7 Å². The van der Waals surface area contributed by atoms with E-state index >= 15 is 4.39 Å². The Kier molecular flexibility index (Phi) is 6.49. The predicted octanol–water partition coefficient (Wildman–Crippen LogP) is 3.04. The zero-order chi connectivity index (χ0) is 27.2. The van der Waals surface area contributed by atoms with Crippen LogP contribution in [0.4, 0.5) is 8.78 Å². The lowest BCUT2D eigenvalue weighted by Gasteiger charge is -2.20. The number of fused-ring (bicyclic) bond motifs is 1. The minimum absolute atomic E-state index is 0.124. The lowest BCUT2D eigenvalue weighted by atomic mass is 10.0. The van der Waals surface area contributed by atoms with Crippen molar-refractivity contribution < 1.29 is 21.9 Å². The van der Waals surface area contributed by atoms with E-state index in [0.29, 0.717) is 5.56 Å². The topological polar surface area (TPSA) is 113 Å². The third-order valence-electron chi connectivity index (χ3n) is 6.51. The molecule has 1 aromatic heterocycles. The molecule has 38 heavy (non-hydrogen) atoms. The van der Waals surface area contributed by atoms with Crippen molar-refractivity contribution in [3.05, 3.63) is 116 Å². The molecule has 0 fully saturated rings. The molecule has 0 amide bonds. The second-order valence-corrected chi connectivity index (χ2v) is 11.0. The maximum absolute atomic E-state index is 15.2. The Balaban J connectivity index is 1.80. The number of halogens is 2. The second-order valence-electron chi connectivity index (χ2n) is 9.00. The molecule has 3 aromatic carbocycles. The molecule has 5 rings (SSSR count). The summed E-state index contributed by atoms with van der Waals surface area (Å²) in [7, 11) is -3.91. The van der Waals surface area contributed by atoms with E-state index in [1.807, 2.05) is 0 Å². The Morgan fingerprint density at radius 1 is 0.974 bits per heavy atom. The lowest BCUT2D eigenvalue weighted by molar-refractivity contribution is 0.339. The van der Waals surface area contributed by atoms with Gasteiger partial charge in [-0.25, -0.2) is 22.0 Å². The van der Waals surface area contributed by atoms with Gasteiger partial charge in [-0.05, 0) is 23.8 Å². The zero-order valence-corrected chi connectivity index (χ0v) is 21.0. The molecule has 2 heterocycles. The van der Waals surface area contributed by atoms with Crippen molar-refractivity contribution in [2.75, 3.05) is 12.9 Å². The fourth-order valence-electron chi connectivity index (χ4n) is 4.73. The van der Waals surface area contributed by atoms with Crippen LogP contribution in [0.2, 0.25) is 0 Å². The molecule has 0 saturated carbocycles. The van der Waals surface area contributed by atoms with Crippen molar-refractivity contribution in [3.8, 4) is 17.0 Å². The Hall–Kier alpha value is -4.09. The first-order valence-electron chi connectivity index (χ1n) is 11.7. The van der Waals surface area contributed by atoms with Crippen LogP contribution in [0.1, 0.15) is 23.2 Å². The highest BCUT2D eigenvalue weighted by Gasteiger charge is 2.37. The summed E-state index contributed by atoms with van der Waals surface area (Å²) in [4.78, 5) is 27.2. The van der Waals surface area contributed by atoms with Crippen LogP contribution in [0.15, 0.2) is 87.3 Å². The predicted molar refractivity (Wildman–Crippen MR) is 137 cm³/mol. The van der Waals surface area contributed by atoms with Gasteiger partial charge in [0.2, 0.25) is 5.88 Å². The van der Waals surface area contributed by atoms with Gasteiger partial charge in [-0.15, -0.1) is 0 Å². The van der Waals surface area contributed by atoms with Crippen LogP contribution in [0, 0.1) is 11.6 Å². The summed E-state index contributed by atoms with van der Waals surface area (Å²) in [5.74, 6) is -1.88. The van der Waals surface area contributed by atoms with E-state index in [9.17, 15) is 22.4 Å². The second kappa shape index (κ2) is 9.66. The van der Waals surface area contributed by atoms with Crippen molar-refractivity contribution >= 4 is 9.84 Å². The third-order valence-corrected chi connectivity index (χ3v) is 7.67. The van der Waals surface area contributed by atoms with Crippen LogP contribution in [-0.2, 0) is 16.4 Å². The molecule has 1 aliphatic rings. The lowest BCUT2D eigenvalue weighted by Crippen LogP contribution is -2.43.